The molecule has 4 N–H and O–H groups in total. The average molecular weight is 592 g/mol. The van der Waals surface area contributed by atoms with Gasteiger partial charge in [-0.25, -0.2) is 23.1 Å². The Morgan fingerprint density at radius 3 is 2.49 bits per heavy atom. The van der Waals surface area contributed by atoms with E-state index in [1.165, 1.54) is 41.1 Å². The molecule has 43 heavy (non-hydrogen) atoms. The van der Waals surface area contributed by atoms with Gasteiger partial charge in [-0.05, 0) is 57.2 Å². The molecule has 0 saturated carbocycles. The summed E-state index contributed by atoms with van der Waals surface area (Å²) in [6.07, 6.45) is 1.95. The second-order valence-electron chi connectivity index (χ2n) is 9.98. The maximum atomic E-state index is 15.2. The number of aromatic amines is 1. The zero-order valence-electron chi connectivity index (χ0n) is 23.3. The minimum atomic E-state index is -0.923. The number of anilines is 2. The molecule has 5 aromatic rings. The lowest BCUT2D eigenvalue weighted by atomic mass is 10.2. The molecule has 222 valence electrons. The predicted octanol–water partition coefficient (Wildman–Crippen LogP) is 3.97. The molecular weight excluding hydrogens is 564 g/mol. The number of aromatic nitrogens is 5. The van der Waals surface area contributed by atoms with Crippen LogP contribution in [-0.4, -0.2) is 48.0 Å². The van der Waals surface area contributed by atoms with E-state index in [0.717, 1.165) is 29.0 Å². The lowest BCUT2D eigenvalue weighted by Gasteiger charge is -2.16. The van der Waals surface area contributed by atoms with Crippen LogP contribution in [0.5, 0.6) is 11.5 Å². The van der Waals surface area contributed by atoms with E-state index in [-0.39, 0.29) is 35.0 Å². The number of pyridine rings is 1. The normalized spacial score (nSPS) is 12.0. The van der Waals surface area contributed by atoms with Crippen molar-refractivity contribution in [3.63, 3.8) is 0 Å². The number of hydrogen-bond donors (Lipinski definition) is 4. The Bertz CT molecular complexity index is 1930. The molecule has 0 aliphatic carbocycles. The second kappa shape index (κ2) is 11.9. The molecule has 1 amide bonds. The summed E-state index contributed by atoms with van der Waals surface area (Å²) in [4.78, 5) is 43.7. The highest BCUT2D eigenvalue weighted by Crippen LogP contribution is 2.34. The zero-order valence-corrected chi connectivity index (χ0v) is 23.3. The zero-order chi connectivity index (χ0) is 30.8. The largest absolute Gasteiger partial charge is 0.453 e. The van der Waals surface area contributed by atoms with Crippen molar-refractivity contribution in [2.45, 2.75) is 32.9 Å². The molecule has 3 aromatic heterocycles. The Labute approximate surface area is 242 Å². The van der Waals surface area contributed by atoms with E-state index in [4.69, 9.17) is 4.74 Å². The summed E-state index contributed by atoms with van der Waals surface area (Å²) in [5.41, 5.74) is -1.53. The Morgan fingerprint density at radius 1 is 1.07 bits per heavy atom. The Morgan fingerprint density at radius 2 is 1.81 bits per heavy atom. The molecule has 1 atom stereocenters. The molecular formula is C29H27F2N7O5. The van der Waals surface area contributed by atoms with Crippen molar-refractivity contribution in [2.75, 3.05) is 17.2 Å². The number of halogens is 2. The van der Waals surface area contributed by atoms with Crippen LogP contribution in [-0.2, 0) is 0 Å². The quantitative estimate of drug-likeness (QED) is 0.201. The lowest BCUT2D eigenvalue weighted by molar-refractivity contribution is 0.102. The summed E-state index contributed by atoms with van der Waals surface area (Å²) in [6.45, 7) is 5.21. The molecule has 3 heterocycles. The van der Waals surface area contributed by atoms with Crippen molar-refractivity contribution >= 4 is 28.4 Å². The number of hydrogen-bond acceptors (Lipinski definition) is 8. The number of fused-ring (bicyclic) bond motifs is 1. The van der Waals surface area contributed by atoms with Gasteiger partial charge in [0, 0.05) is 42.8 Å². The Hall–Kier alpha value is -5.37. The van der Waals surface area contributed by atoms with Gasteiger partial charge in [0.1, 0.15) is 22.5 Å². The van der Waals surface area contributed by atoms with Crippen LogP contribution in [0.25, 0.3) is 16.7 Å². The smallest absolute Gasteiger partial charge is 0.335 e. The molecule has 2 aromatic carbocycles. The number of carbonyl (C=O) groups excluding carboxylic acids is 1. The SMILES string of the molecule is CC(C)n1cc(C(=O)Nc2ccc(Oc3ccnc4[nH]nc(NC[C@H](C)O)c34)c(F)c2)c(=O)n(-c2ccc(F)cc2)c1=O. The van der Waals surface area contributed by atoms with Crippen LogP contribution in [0.15, 0.2) is 70.5 Å². The number of aliphatic hydroxyl groups excluding tert-OH is 1. The van der Waals surface area contributed by atoms with Gasteiger partial charge in [-0.1, -0.05) is 0 Å². The van der Waals surface area contributed by atoms with E-state index in [1.807, 2.05) is 0 Å². The van der Waals surface area contributed by atoms with Crippen LogP contribution < -0.4 is 26.6 Å². The molecule has 0 fully saturated rings. The molecule has 0 saturated heterocycles. The van der Waals surface area contributed by atoms with Gasteiger partial charge in [-0.2, -0.15) is 5.10 Å². The molecule has 12 nitrogen and oxygen atoms in total. The summed E-state index contributed by atoms with van der Waals surface area (Å²) in [6, 6.07) is 9.50. The van der Waals surface area contributed by atoms with Crippen LogP contribution in [0.3, 0.4) is 0 Å². The first-order valence-electron chi connectivity index (χ1n) is 13.2. The van der Waals surface area contributed by atoms with Gasteiger partial charge < -0.3 is 20.5 Å². The number of aliphatic hydroxyl groups is 1. The monoisotopic (exact) mass is 591 g/mol. The maximum Gasteiger partial charge on any atom is 0.335 e. The van der Waals surface area contributed by atoms with Crippen LogP contribution in [0.4, 0.5) is 20.3 Å². The highest BCUT2D eigenvalue weighted by molar-refractivity contribution is 6.04. The Kier molecular flexibility index (Phi) is 8.03. The molecule has 0 aliphatic rings. The van der Waals surface area contributed by atoms with E-state index in [2.05, 4.69) is 25.8 Å². The highest BCUT2D eigenvalue weighted by Gasteiger charge is 2.21. The van der Waals surface area contributed by atoms with E-state index in [0.29, 0.717) is 16.9 Å². The summed E-state index contributed by atoms with van der Waals surface area (Å²) < 4.78 is 36.5. The van der Waals surface area contributed by atoms with Crippen LogP contribution in [0.1, 0.15) is 37.2 Å². The molecule has 0 spiro atoms. The number of rotatable bonds is 9. The van der Waals surface area contributed by atoms with Crippen molar-refractivity contribution in [1.82, 2.24) is 24.3 Å². The van der Waals surface area contributed by atoms with Gasteiger partial charge in [-0.3, -0.25) is 19.3 Å². The van der Waals surface area contributed by atoms with Crippen molar-refractivity contribution < 1.29 is 23.4 Å². The third-order valence-electron chi connectivity index (χ3n) is 6.40. The number of nitrogens with one attached hydrogen (secondary N) is 3. The van der Waals surface area contributed by atoms with Gasteiger partial charge in [0.25, 0.3) is 11.5 Å². The standard InChI is InChI=1S/C29H27F2N7O5/c1-15(2)37-14-20(28(41)38(29(37)42)19-7-4-17(30)5-8-19)27(40)34-18-6-9-22(21(31)12-18)43-23-10-11-32-25-24(23)26(36-35-25)33-13-16(3)39/h4-12,14-16,39H,13H2,1-3H3,(H,34,40)(H2,32,33,35,36)/t16-/m0/s1. The van der Waals surface area contributed by atoms with Crippen LogP contribution in [0.2, 0.25) is 0 Å². The van der Waals surface area contributed by atoms with Crippen molar-refractivity contribution in [3.05, 3.63) is 99.0 Å². The first kappa shape index (κ1) is 29.1. The molecule has 14 heteroatoms. The van der Waals surface area contributed by atoms with E-state index in [9.17, 15) is 23.9 Å². The first-order valence-corrected chi connectivity index (χ1v) is 13.2. The molecule has 0 radical (unpaired) electrons. The fraction of sp³-hybridized carbons (Fsp3) is 0.207. The molecule has 5 rings (SSSR count). The van der Waals surface area contributed by atoms with Crippen LogP contribution in [0, 0.1) is 11.6 Å². The fourth-order valence-electron chi connectivity index (χ4n) is 4.27. The minimum Gasteiger partial charge on any atom is -0.453 e. The molecule has 0 aliphatic heterocycles. The fourth-order valence-corrected chi connectivity index (χ4v) is 4.27. The van der Waals surface area contributed by atoms with E-state index in [1.54, 1.807) is 20.8 Å². The first-order chi connectivity index (χ1) is 20.5. The summed E-state index contributed by atoms with van der Waals surface area (Å²) >= 11 is 0. The van der Waals surface area contributed by atoms with Gasteiger partial charge in [0.05, 0.1) is 11.8 Å². The van der Waals surface area contributed by atoms with Gasteiger partial charge in [0.2, 0.25) is 0 Å². The number of H-pyrrole nitrogens is 1. The number of benzene rings is 2. The summed E-state index contributed by atoms with van der Waals surface area (Å²) in [7, 11) is 0. The third-order valence-corrected chi connectivity index (χ3v) is 6.40. The van der Waals surface area contributed by atoms with Crippen LogP contribution >= 0.6 is 0 Å². The minimum absolute atomic E-state index is 0.0207. The number of ether oxygens (including phenoxy) is 1. The average Bonchev–Trinajstić information content (AvgIpc) is 3.38. The van der Waals surface area contributed by atoms with E-state index >= 15 is 4.39 Å². The summed E-state index contributed by atoms with van der Waals surface area (Å²) in [5.74, 6) is -1.83. The maximum absolute atomic E-state index is 15.2. The summed E-state index contributed by atoms with van der Waals surface area (Å²) in [5, 5.41) is 22.4. The lowest BCUT2D eigenvalue weighted by Crippen LogP contribution is -2.42. The van der Waals surface area contributed by atoms with Crippen molar-refractivity contribution in [1.29, 1.82) is 0 Å². The third kappa shape index (κ3) is 5.99. The van der Waals surface area contributed by atoms with Gasteiger partial charge >= 0.3 is 5.69 Å². The van der Waals surface area contributed by atoms with Crippen molar-refractivity contribution in [3.8, 4) is 17.2 Å². The van der Waals surface area contributed by atoms with Crippen molar-refractivity contribution in [2.24, 2.45) is 0 Å². The molecule has 0 unspecified atom stereocenters. The van der Waals surface area contributed by atoms with E-state index < -0.39 is 40.9 Å². The number of amides is 1. The second-order valence-corrected chi connectivity index (χ2v) is 9.98. The Balaban J connectivity index is 1.43. The van der Waals surface area contributed by atoms with Gasteiger partial charge in [-0.15, -0.1) is 0 Å². The predicted molar refractivity (Wildman–Crippen MR) is 155 cm³/mol. The number of nitrogens with zero attached hydrogens (tertiary/aromatic N) is 4. The number of carbonyl (C=O) groups is 1. The highest BCUT2D eigenvalue weighted by atomic mass is 19.1. The molecule has 0 bridgehead atoms. The van der Waals surface area contributed by atoms with Gasteiger partial charge in [0.15, 0.2) is 23.0 Å². The topological polar surface area (TPSA) is 156 Å².